The van der Waals surface area contributed by atoms with Gasteiger partial charge in [-0.3, -0.25) is 14.3 Å². The van der Waals surface area contributed by atoms with Crippen LogP contribution < -0.4 is 15.4 Å². The molecule has 2 aromatic rings. The summed E-state index contributed by atoms with van der Waals surface area (Å²) in [5.41, 5.74) is 0.406. The Hall–Kier alpha value is -2.38. The quantitative estimate of drug-likeness (QED) is 0.563. The smallest absolute Gasteiger partial charge is 0.251 e. The molecule has 30 heavy (non-hydrogen) atoms. The van der Waals surface area contributed by atoms with Gasteiger partial charge in [0.25, 0.3) is 5.91 Å². The van der Waals surface area contributed by atoms with Gasteiger partial charge in [0.1, 0.15) is 11.9 Å². The predicted molar refractivity (Wildman–Crippen MR) is 121 cm³/mol. The Labute approximate surface area is 182 Å². The molecule has 0 aromatic heterocycles. The van der Waals surface area contributed by atoms with Gasteiger partial charge in [0, 0.05) is 21.7 Å². The van der Waals surface area contributed by atoms with Crippen molar-refractivity contribution in [1.82, 2.24) is 10.0 Å². The highest BCUT2D eigenvalue weighted by Gasteiger charge is 2.33. The Balaban J connectivity index is 2.06. The van der Waals surface area contributed by atoms with E-state index in [4.69, 9.17) is 0 Å². The summed E-state index contributed by atoms with van der Waals surface area (Å²) in [7, 11) is 0. The van der Waals surface area contributed by atoms with Crippen LogP contribution >= 0.6 is 11.9 Å². The minimum absolute atomic E-state index is 0.0137. The van der Waals surface area contributed by atoms with E-state index in [-0.39, 0.29) is 11.4 Å². The van der Waals surface area contributed by atoms with E-state index in [0.29, 0.717) is 11.3 Å². The third-order valence-corrected chi connectivity index (χ3v) is 5.33. The van der Waals surface area contributed by atoms with E-state index < -0.39 is 23.2 Å². The number of carbonyl (C=O) groups excluding carboxylic acids is 2. The summed E-state index contributed by atoms with van der Waals surface area (Å²) in [6.45, 7) is 11.9. The molecular weight excluding hydrogens is 401 g/mol. The summed E-state index contributed by atoms with van der Waals surface area (Å²) in [4.78, 5) is 26.5. The molecular formula is C23H30FN3O2S. The molecule has 0 bridgehead atoms. The third kappa shape index (κ3) is 7.46. The summed E-state index contributed by atoms with van der Waals surface area (Å²) in [5, 5.41) is 5.64. The van der Waals surface area contributed by atoms with Gasteiger partial charge < -0.3 is 10.6 Å². The van der Waals surface area contributed by atoms with Crippen molar-refractivity contribution in [3.8, 4) is 0 Å². The zero-order valence-electron chi connectivity index (χ0n) is 18.3. The highest BCUT2D eigenvalue weighted by Crippen LogP contribution is 2.23. The Morgan fingerprint density at radius 1 is 0.900 bits per heavy atom. The zero-order valence-corrected chi connectivity index (χ0v) is 19.1. The molecule has 2 rings (SSSR count). The lowest BCUT2D eigenvalue weighted by molar-refractivity contribution is -0.120. The molecule has 5 nitrogen and oxygen atoms in total. The Morgan fingerprint density at radius 2 is 1.47 bits per heavy atom. The van der Waals surface area contributed by atoms with Crippen molar-refractivity contribution in [3.05, 3.63) is 59.9 Å². The molecule has 0 saturated heterocycles. The third-order valence-electron chi connectivity index (χ3n) is 4.11. The van der Waals surface area contributed by atoms with Gasteiger partial charge in [-0.05, 0) is 86.7 Å². The van der Waals surface area contributed by atoms with Crippen molar-refractivity contribution >= 4 is 29.4 Å². The van der Waals surface area contributed by atoms with Gasteiger partial charge in [0.15, 0.2) is 0 Å². The van der Waals surface area contributed by atoms with Gasteiger partial charge in [0.2, 0.25) is 5.91 Å². The molecule has 2 amide bonds. The summed E-state index contributed by atoms with van der Waals surface area (Å²) in [6.07, 6.45) is 0. The molecule has 0 aliphatic rings. The fourth-order valence-corrected chi connectivity index (χ4v) is 3.22. The lowest BCUT2D eigenvalue weighted by atomic mass is 9.86. The average molecular weight is 432 g/mol. The molecule has 0 aliphatic heterocycles. The first-order chi connectivity index (χ1) is 13.8. The van der Waals surface area contributed by atoms with Crippen molar-refractivity contribution in [1.29, 1.82) is 0 Å². The number of halogens is 1. The van der Waals surface area contributed by atoms with Gasteiger partial charge >= 0.3 is 0 Å². The van der Waals surface area contributed by atoms with Crippen LogP contribution in [0.25, 0.3) is 0 Å². The van der Waals surface area contributed by atoms with Gasteiger partial charge in [0.05, 0.1) is 0 Å². The number of carbonyl (C=O) groups is 2. The molecule has 0 saturated carbocycles. The molecule has 0 aliphatic carbocycles. The molecule has 0 spiro atoms. The van der Waals surface area contributed by atoms with E-state index in [1.807, 2.05) is 45.0 Å². The monoisotopic (exact) mass is 431 g/mol. The van der Waals surface area contributed by atoms with E-state index in [9.17, 15) is 14.0 Å². The second kappa shape index (κ2) is 9.62. The summed E-state index contributed by atoms with van der Waals surface area (Å²) in [5.74, 6) is -1.16. The first kappa shape index (κ1) is 23.9. The van der Waals surface area contributed by atoms with E-state index in [1.54, 1.807) is 0 Å². The summed E-state index contributed by atoms with van der Waals surface area (Å²) in [6, 6.07) is 11.9. The fourth-order valence-electron chi connectivity index (χ4n) is 2.52. The van der Waals surface area contributed by atoms with Crippen molar-refractivity contribution in [2.24, 2.45) is 5.41 Å². The maximum Gasteiger partial charge on any atom is 0.251 e. The molecule has 0 heterocycles. The van der Waals surface area contributed by atoms with E-state index in [0.717, 1.165) is 4.90 Å². The normalized spacial score (nSPS) is 12.9. The van der Waals surface area contributed by atoms with Crippen molar-refractivity contribution in [2.45, 2.75) is 58.0 Å². The fraction of sp³-hybridized carbons (Fsp3) is 0.391. The highest BCUT2D eigenvalue weighted by molar-refractivity contribution is 7.97. The van der Waals surface area contributed by atoms with Crippen LogP contribution in [-0.4, -0.2) is 23.4 Å². The topological polar surface area (TPSA) is 70.2 Å². The zero-order chi connectivity index (χ0) is 22.5. The van der Waals surface area contributed by atoms with Crippen LogP contribution in [0.2, 0.25) is 0 Å². The van der Waals surface area contributed by atoms with Crippen LogP contribution in [0.5, 0.6) is 0 Å². The van der Waals surface area contributed by atoms with Crippen molar-refractivity contribution in [2.75, 3.05) is 5.32 Å². The second-order valence-electron chi connectivity index (χ2n) is 9.25. The van der Waals surface area contributed by atoms with Crippen LogP contribution in [0.4, 0.5) is 10.1 Å². The van der Waals surface area contributed by atoms with Crippen molar-refractivity contribution < 1.29 is 14.0 Å². The van der Waals surface area contributed by atoms with E-state index in [1.165, 1.54) is 36.2 Å². The largest absolute Gasteiger partial charge is 0.340 e. The van der Waals surface area contributed by atoms with Crippen LogP contribution in [0.3, 0.4) is 0 Å². The lowest BCUT2D eigenvalue weighted by Gasteiger charge is -2.30. The molecule has 7 heteroatoms. The maximum atomic E-state index is 13.1. The number of anilines is 1. The Kier molecular flexibility index (Phi) is 7.66. The van der Waals surface area contributed by atoms with Gasteiger partial charge in [-0.1, -0.05) is 20.8 Å². The average Bonchev–Trinajstić information content (AvgIpc) is 2.64. The second-order valence-corrected chi connectivity index (χ2v) is 10.1. The lowest BCUT2D eigenvalue weighted by Crippen LogP contribution is -2.51. The Bertz CT molecular complexity index is 869. The van der Waals surface area contributed by atoms with Crippen molar-refractivity contribution in [3.63, 3.8) is 0 Å². The van der Waals surface area contributed by atoms with Gasteiger partial charge in [-0.25, -0.2) is 4.39 Å². The van der Waals surface area contributed by atoms with Crippen LogP contribution in [0.15, 0.2) is 53.4 Å². The Morgan fingerprint density at radius 3 is 1.97 bits per heavy atom. The molecule has 162 valence electrons. The van der Waals surface area contributed by atoms with Crippen LogP contribution in [0, 0.1) is 11.2 Å². The first-order valence-electron chi connectivity index (χ1n) is 9.76. The van der Waals surface area contributed by atoms with E-state index >= 15 is 0 Å². The molecule has 2 aromatic carbocycles. The molecule has 0 radical (unpaired) electrons. The standard InChI is InChI=1S/C23H30FN3O2S/c1-22(2,3)19(26-20(28)15-7-9-16(24)10-8-15)21(29)25-17-11-13-18(14-12-17)30-27-23(4,5)6/h7-14,19,27H,1-6H3,(H,25,29)(H,26,28). The number of rotatable bonds is 6. The van der Waals surface area contributed by atoms with E-state index in [2.05, 4.69) is 36.1 Å². The first-order valence-corrected chi connectivity index (χ1v) is 10.6. The predicted octanol–water partition coefficient (Wildman–Crippen LogP) is 5.00. The minimum atomic E-state index is -0.772. The minimum Gasteiger partial charge on any atom is -0.340 e. The maximum absolute atomic E-state index is 13.1. The van der Waals surface area contributed by atoms with Crippen LogP contribution in [-0.2, 0) is 4.79 Å². The molecule has 1 atom stereocenters. The van der Waals surface area contributed by atoms with Gasteiger partial charge in [-0.2, -0.15) is 0 Å². The van der Waals surface area contributed by atoms with Gasteiger partial charge in [-0.15, -0.1) is 0 Å². The SMILES string of the molecule is CC(C)(C)NSc1ccc(NC(=O)C(NC(=O)c2ccc(F)cc2)C(C)(C)C)cc1. The molecule has 1 unspecified atom stereocenters. The number of nitrogens with one attached hydrogen (secondary N) is 3. The van der Waals surface area contributed by atoms with Crippen LogP contribution in [0.1, 0.15) is 51.9 Å². The highest BCUT2D eigenvalue weighted by atomic mass is 32.2. The molecule has 3 N–H and O–H groups in total. The number of hydrogen-bond donors (Lipinski definition) is 3. The summed E-state index contributed by atoms with van der Waals surface area (Å²) < 4.78 is 16.4. The number of hydrogen-bond acceptors (Lipinski definition) is 4. The number of amides is 2. The molecule has 0 fully saturated rings. The number of benzene rings is 2. The summed E-state index contributed by atoms with van der Waals surface area (Å²) >= 11 is 1.53.